The Morgan fingerprint density at radius 2 is 2.14 bits per heavy atom. The molecule has 0 saturated heterocycles. The molecule has 74 valence electrons. The highest BCUT2D eigenvalue weighted by Gasteiger charge is 2.04. The van der Waals surface area contributed by atoms with Crippen LogP contribution in [0.1, 0.15) is 19.4 Å². The monoisotopic (exact) mass is 206 g/mol. The molecule has 0 saturated carbocycles. The van der Waals surface area contributed by atoms with Crippen LogP contribution in [0.4, 0.5) is 0 Å². The molecule has 0 fully saturated rings. The summed E-state index contributed by atoms with van der Waals surface area (Å²) in [6.45, 7) is 6.43. The Hall–Kier alpha value is -0.960. The number of aryl methyl sites for hydroxylation is 1. The molecule has 1 aromatic carbocycles. The summed E-state index contributed by atoms with van der Waals surface area (Å²) < 4.78 is 0. The van der Waals surface area contributed by atoms with Crippen molar-refractivity contribution in [2.75, 3.05) is 0 Å². The normalized spacial score (nSPS) is 11.4. The van der Waals surface area contributed by atoms with Crippen molar-refractivity contribution >= 4 is 22.8 Å². The lowest BCUT2D eigenvalue weighted by Gasteiger charge is -1.98. The van der Waals surface area contributed by atoms with Crippen LogP contribution in [0.2, 0.25) is 0 Å². The van der Waals surface area contributed by atoms with Gasteiger partial charge >= 0.3 is 0 Å². The van der Waals surface area contributed by atoms with Crippen LogP contribution >= 0.6 is 11.8 Å². The summed E-state index contributed by atoms with van der Waals surface area (Å²) in [5.41, 5.74) is 3.45. The highest BCUT2D eigenvalue weighted by Crippen LogP contribution is 2.23. The van der Waals surface area contributed by atoms with E-state index in [1.54, 1.807) is 11.8 Å². The van der Waals surface area contributed by atoms with Crippen molar-refractivity contribution in [3.8, 4) is 0 Å². The van der Waals surface area contributed by atoms with E-state index >= 15 is 0 Å². The van der Waals surface area contributed by atoms with E-state index in [9.17, 15) is 0 Å². The van der Waals surface area contributed by atoms with E-state index in [4.69, 9.17) is 0 Å². The highest BCUT2D eigenvalue weighted by atomic mass is 32.2. The van der Waals surface area contributed by atoms with Crippen LogP contribution in [-0.2, 0) is 0 Å². The lowest BCUT2D eigenvalue weighted by Crippen LogP contribution is -1.86. The summed E-state index contributed by atoms with van der Waals surface area (Å²) in [5.74, 6) is 0. The first kappa shape index (κ1) is 9.59. The number of aromatic amines is 1. The number of fused-ring (bicyclic) bond motifs is 1. The van der Waals surface area contributed by atoms with Gasteiger partial charge in [0.15, 0.2) is 5.16 Å². The largest absolute Gasteiger partial charge is 0.333 e. The van der Waals surface area contributed by atoms with Crippen molar-refractivity contribution in [3.63, 3.8) is 0 Å². The second kappa shape index (κ2) is 3.65. The number of thioether (sulfide) groups is 1. The van der Waals surface area contributed by atoms with Crippen molar-refractivity contribution in [1.82, 2.24) is 9.97 Å². The number of H-pyrrole nitrogens is 1. The Labute approximate surface area is 88.1 Å². The number of hydrogen-bond acceptors (Lipinski definition) is 2. The maximum absolute atomic E-state index is 4.50. The summed E-state index contributed by atoms with van der Waals surface area (Å²) in [4.78, 5) is 7.82. The minimum Gasteiger partial charge on any atom is -0.333 e. The van der Waals surface area contributed by atoms with E-state index < -0.39 is 0 Å². The Morgan fingerprint density at radius 3 is 2.86 bits per heavy atom. The van der Waals surface area contributed by atoms with Crippen LogP contribution in [0, 0.1) is 6.92 Å². The molecule has 0 aliphatic heterocycles. The molecule has 14 heavy (non-hydrogen) atoms. The van der Waals surface area contributed by atoms with Gasteiger partial charge < -0.3 is 4.98 Å². The highest BCUT2D eigenvalue weighted by molar-refractivity contribution is 7.99. The van der Waals surface area contributed by atoms with E-state index in [0.29, 0.717) is 5.25 Å². The molecule has 2 aromatic rings. The van der Waals surface area contributed by atoms with Gasteiger partial charge in [0.25, 0.3) is 0 Å². The van der Waals surface area contributed by atoms with Gasteiger partial charge in [-0.15, -0.1) is 0 Å². The number of imidazole rings is 1. The first-order valence-electron chi connectivity index (χ1n) is 4.78. The average molecular weight is 206 g/mol. The third-order valence-corrected chi connectivity index (χ3v) is 2.85. The molecule has 0 spiro atoms. The van der Waals surface area contributed by atoms with Crippen molar-refractivity contribution in [3.05, 3.63) is 23.8 Å². The zero-order chi connectivity index (χ0) is 10.1. The van der Waals surface area contributed by atoms with E-state index in [2.05, 4.69) is 48.9 Å². The molecule has 0 aliphatic carbocycles. The maximum atomic E-state index is 4.50. The summed E-state index contributed by atoms with van der Waals surface area (Å²) in [7, 11) is 0. The second-order valence-corrected chi connectivity index (χ2v) is 5.29. The van der Waals surface area contributed by atoms with Crippen LogP contribution in [0.25, 0.3) is 11.0 Å². The number of aromatic nitrogens is 2. The van der Waals surface area contributed by atoms with Gasteiger partial charge in [-0.05, 0) is 24.6 Å². The second-order valence-electron chi connectivity index (χ2n) is 3.73. The molecule has 1 aromatic heterocycles. The van der Waals surface area contributed by atoms with Crippen LogP contribution in [-0.4, -0.2) is 15.2 Å². The molecule has 0 unspecified atom stereocenters. The molecule has 0 amide bonds. The molecule has 1 N–H and O–H groups in total. The summed E-state index contributed by atoms with van der Waals surface area (Å²) >= 11 is 1.76. The van der Waals surface area contributed by atoms with E-state index in [1.165, 1.54) is 5.56 Å². The Kier molecular flexibility index (Phi) is 2.50. The molecular weight excluding hydrogens is 192 g/mol. The van der Waals surface area contributed by atoms with Gasteiger partial charge in [0.1, 0.15) is 0 Å². The third-order valence-electron chi connectivity index (χ3n) is 1.96. The summed E-state index contributed by atoms with van der Waals surface area (Å²) in [6, 6.07) is 6.28. The molecular formula is C11H14N2S. The number of benzene rings is 1. The maximum Gasteiger partial charge on any atom is 0.166 e. The van der Waals surface area contributed by atoms with Crippen LogP contribution in [0.15, 0.2) is 23.4 Å². The minimum absolute atomic E-state index is 0.566. The average Bonchev–Trinajstić information content (AvgIpc) is 2.44. The molecule has 0 radical (unpaired) electrons. The number of hydrogen-bond donors (Lipinski definition) is 1. The first-order valence-corrected chi connectivity index (χ1v) is 5.66. The zero-order valence-electron chi connectivity index (χ0n) is 8.66. The molecule has 0 aliphatic rings. The van der Waals surface area contributed by atoms with Crippen molar-refractivity contribution in [2.45, 2.75) is 31.2 Å². The summed E-state index contributed by atoms with van der Waals surface area (Å²) in [6.07, 6.45) is 0. The Bertz CT molecular complexity index is 445. The SMILES string of the molecule is Cc1ccc2nc(SC(C)C)[nH]c2c1. The van der Waals surface area contributed by atoms with E-state index in [1.807, 2.05) is 0 Å². The molecule has 1 heterocycles. The number of nitrogens with one attached hydrogen (secondary N) is 1. The molecule has 3 heteroatoms. The van der Waals surface area contributed by atoms with Gasteiger partial charge in [0, 0.05) is 5.25 Å². The van der Waals surface area contributed by atoms with Crippen molar-refractivity contribution in [2.24, 2.45) is 0 Å². The quantitative estimate of drug-likeness (QED) is 0.763. The minimum atomic E-state index is 0.566. The van der Waals surface area contributed by atoms with Crippen molar-refractivity contribution < 1.29 is 0 Å². The lowest BCUT2D eigenvalue weighted by molar-refractivity contribution is 1.04. The zero-order valence-corrected chi connectivity index (χ0v) is 9.48. The lowest BCUT2D eigenvalue weighted by atomic mass is 10.2. The van der Waals surface area contributed by atoms with Gasteiger partial charge in [-0.25, -0.2) is 4.98 Å². The predicted octanol–water partition coefficient (Wildman–Crippen LogP) is 3.37. The van der Waals surface area contributed by atoms with Crippen LogP contribution in [0.3, 0.4) is 0 Å². The topological polar surface area (TPSA) is 28.7 Å². The van der Waals surface area contributed by atoms with Crippen molar-refractivity contribution in [1.29, 1.82) is 0 Å². The fourth-order valence-electron chi connectivity index (χ4n) is 1.38. The van der Waals surface area contributed by atoms with Gasteiger partial charge in [0.05, 0.1) is 11.0 Å². The standard InChI is InChI=1S/C11H14N2S/c1-7(2)14-11-12-9-5-4-8(3)6-10(9)13-11/h4-7H,1-3H3,(H,12,13). The number of rotatable bonds is 2. The Balaban J connectivity index is 2.41. The van der Waals surface area contributed by atoms with Crippen LogP contribution < -0.4 is 0 Å². The molecule has 2 rings (SSSR count). The predicted molar refractivity (Wildman–Crippen MR) is 61.8 cm³/mol. The Morgan fingerprint density at radius 1 is 1.36 bits per heavy atom. The fourth-order valence-corrected chi connectivity index (χ4v) is 2.15. The van der Waals surface area contributed by atoms with E-state index in [0.717, 1.165) is 16.2 Å². The van der Waals surface area contributed by atoms with Gasteiger partial charge in [-0.3, -0.25) is 0 Å². The number of nitrogens with zero attached hydrogens (tertiary/aromatic N) is 1. The van der Waals surface area contributed by atoms with Crippen LogP contribution in [0.5, 0.6) is 0 Å². The molecule has 0 bridgehead atoms. The van der Waals surface area contributed by atoms with Gasteiger partial charge in [-0.1, -0.05) is 31.7 Å². The summed E-state index contributed by atoms with van der Waals surface area (Å²) in [5, 5.41) is 1.58. The van der Waals surface area contributed by atoms with Gasteiger partial charge in [-0.2, -0.15) is 0 Å². The third kappa shape index (κ3) is 1.93. The van der Waals surface area contributed by atoms with E-state index in [-0.39, 0.29) is 0 Å². The van der Waals surface area contributed by atoms with Gasteiger partial charge in [0.2, 0.25) is 0 Å². The first-order chi connectivity index (χ1) is 6.65. The molecule has 0 atom stereocenters. The smallest absolute Gasteiger partial charge is 0.166 e. The molecule has 2 nitrogen and oxygen atoms in total. The fraction of sp³-hybridized carbons (Fsp3) is 0.364.